The lowest BCUT2D eigenvalue weighted by Gasteiger charge is -2.25. The molecule has 3 rings (SSSR count). The van der Waals surface area contributed by atoms with Crippen LogP contribution in [0.3, 0.4) is 0 Å². The molecule has 0 bridgehead atoms. The first-order chi connectivity index (χ1) is 12.1. The van der Waals surface area contributed by atoms with Gasteiger partial charge in [-0.1, -0.05) is 36.4 Å². The molecule has 2 aromatic rings. The standard InChI is InChI=1S/C20H24N2O3/c1-22(2)13-16-7-5-6-15(12-16)10-11-21-20(23)19-14-24-17-8-3-4-9-18(17)25-19/h3-9,12,19H,10-11,13-14H2,1-2H3,(H,21,23). The molecule has 0 saturated carbocycles. The van der Waals surface area contributed by atoms with Crippen LogP contribution in [0.25, 0.3) is 0 Å². The van der Waals surface area contributed by atoms with Gasteiger partial charge in [-0.05, 0) is 43.8 Å². The normalized spacial score (nSPS) is 15.9. The Balaban J connectivity index is 1.49. The average Bonchev–Trinajstić information content (AvgIpc) is 2.61. The lowest BCUT2D eigenvalue weighted by molar-refractivity contribution is -0.130. The highest BCUT2D eigenvalue weighted by Gasteiger charge is 2.26. The van der Waals surface area contributed by atoms with E-state index in [4.69, 9.17) is 9.47 Å². The van der Waals surface area contributed by atoms with Crippen molar-refractivity contribution in [3.05, 3.63) is 59.7 Å². The molecular formula is C20H24N2O3. The van der Waals surface area contributed by atoms with E-state index in [0.29, 0.717) is 18.0 Å². The molecular weight excluding hydrogens is 316 g/mol. The largest absolute Gasteiger partial charge is 0.485 e. The predicted octanol–water partition coefficient (Wildman–Crippen LogP) is 2.25. The van der Waals surface area contributed by atoms with Crippen LogP contribution in [0, 0.1) is 0 Å². The summed E-state index contributed by atoms with van der Waals surface area (Å²) in [6.45, 7) is 1.72. The molecule has 5 nitrogen and oxygen atoms in total. The highest BCUT2D eigenvalue weighted by molar-refractivity contribution is 5.81. The zero-order valence-electron chi connectivity index (χ0n) is 14.7. The fourth-order valence-electron chi connectivity index (χ4n) is 2.84. The molecule has 2 aromatic carbocycles. The third kappa shape index (κ3) is 4.73. The van der Waals surface area contributed by atoms with Gasteiger partial charge in [0.15, 0.2) is 11.5 Å². The monoisotopic (exact) mass is 340 g/mol. The first kappa shape index (κ1) is 17.3. The number of fused-ring (bicyclic) bond motifs is 1. The van der Waals surface area contributed by atoms with Gasteiger partial charge in [0.05, 0.1) is 0 Å². The zero-order valence-corrected chi connectivity index (χ0v) is 14.7. The van der Waals surface area contributed by atoms with Gasteiger partial charge in [-0.2, -0.15) is 0 Å². The van der Waals surface area contributed by atoms with Crippen LogP contribution in [-0.4, -0.2) is 44.2 Å². The van der Waals surface area contributed by atoms with Crippen LogP contribution in [0.4, 0.5) is 0 Å². The van der Waals surface area contributed by atoms with Gasteiger partial charge in [0, 0.05) is 13.1 Å². The van der Waals surface area contributed by atoms with Crippen molar-refractivity contribution >= 4 is 5.91 Å². The molecule has 0 aromatic heterocycles. The van der Waals surface area contributed by atoms with E-state index in [1.807, 2.05) is 24.3 Å². The molecule has 1 heterocycles. The van der Waals surface area contributed by atoms with Gasteiger partial charge in [0.1, 0.15) is 6.61 Å². The molecule has 132 valence electrons. The second-order valence-corrected chi connectivity index (χ2v) is 6.46. The maximum atomic E-state index is 12.3. The number of carbonyl (C=O) groups excluding carboxylic acids is 1. The van der Waals surface area contributed by atoms with Gasteiger partial charge in [0.25, 0.3) is 5.91 Å². The molecule has 1 aliphatic rings. The van der Waals surface area contributed by atoms with Crippen molar-refractivity contribution in [1.29, 1.82) is 0 Å². The fourth-order valence-corrected chi connectivity index (χ4v) is 2.84. The molecule has 25 heavy (non-hydrogen) atoms. The summed E-state index contributed by atoms with van der Waals surface area (Å²) < 4.78 is 11.3. The Morgan fingerprint density at radius 1 is 1.12 bits per heavy atom. The number of para-hydroxylation sites is 2. The number of rotatable bonds is 6. The predicted molar refractivity (Wildman–Crippen MR) is 96.9 cm³/mol. The van der Waals surface area contributed by atoms with Crippen LogP contribution in [0.5, 0.6) is 11.5 Å². The van der Waals surface area contributed by atoms with Crippen LogP contribution in [0.15, 0.2) is 48.5 Å². The molecule has 1 atom stereocenters. The highest BCUT2D eigenvalue weighted by atomic mass is 16.6. The van der Waals surface area contributed by atoms with E-state index < -0.39 is 6.10 Å². The molecule has 1 amide bonds. The second kappa shape index (κ2) is 8.03. The highest BCUT2D eigenvalue weighted by Crippen LogP contribution is 2.30. The third-order valence-corrected chi connectivity index (χ3v) is 4.00. The quantitative estimate of drug-likeness (QED) is 0.876. The molecule has 0 fully saturated rings. The van der Waals surface area contributed by atoms with Crippen molar-refractivity contribution in [2.45, 2.75) is 19.1 Å². The lowest BCUT2D eigenvalue weighted by atomic mass is 10.1. The minimum atomic E-state index is -0.602. The van der Waals surface area contributed by atoms with Gasteiger partial charge in [-0.15, -0.1) is 0 Å². The van der Waals surface area contributed by atoms with Crippen LogP contribution in [0.2, 0.25) is 0 Å². The SMILES string of the molecule is CN(C)Cc1cccc(CCNC(=O)C2COc3ccccc3O2)c1. The van der Waals surface area contributed by atoms with E-state index in [0.717, 1.165) is 13.0 Å². The van der Waals surface area contributed by atoms with E-state index in [-0.39, 0.29) is 12.5 Å². The number of ether oxygens (including phenoxy) is 2. The van der Waals surface area contributed by atoms with E-state index in [2.05, 4.69) is 48.6 Å². The van der Waals surface area contributed by atoms with Crippen LogP contribution < -0.4 is 14.8 Å². The summed E-state index contributed by atoms with van der Waals surface area (Å²) in [5, 5.41) is 2.94. The maximum Gasteiger partial charge on any atom is 0.264 e. The van der Waals surface area contributed by atoms with Crippen LogP contribution >= 0.6 is 0 Å². The first-order valence-corrected chi connectivity index (χ1v) is 8.50. The Morgan fingerprint density at radius 2 is 1.88 bits per heavy atom. The Morgan fingerprint density at radius 3 is 2.68 bits per heavy atom. The molecule has 0 saturated heterocycles. The summed E-state index contributed by atoms with van der Waals surface area (Å²) in [5.41, 5.74) is 2.49. The van der Waals surface area contributed by atoms with Gasteiger partial charge < -0.3 is 19.7 Å². The fraction of sp³-hybridized carbons (Fsp3) is 0.350. The van der Waals surface area contributed by atoms with E-state index in [1.165, 1.54) is 11.1 Å². The summed E-state index contributed by atoms with van der Waals surface area (Å²) in [6, 6.07) is 15.8. The minimum Gasteiger partial charge on any atom is -0.485 e. The molecule has 0 radical (unpaired) electrons. The van der Waals surface area contributed by atoms with E-state index >= 15 is 0 Å². The Labute approximate surface area is 148 Å². The van der Waals surface area contributed by atoms with Crippen molar-refractivity contribution in [3.8, 4) is 11.5 Å². The summed E-state index contributed by atoms with van der Waals surface area (Å²) in [6.07, 6.45) is 0.187. The van der Waals surface area contributed by atoms with Crippen molar-refractivity contribution < 1.29 is 14.3 Å². The Bertz CT molecular complexity index is 730. The summed E-state index contributed by atoms with van der Waals surface area (Å²) >= 11 is 0. The van der Waals surface area contributed by atoms with E-state index in [9.17, 15) is 4.79 Å². The minimum absolute atomic E-state index is 0.140. The summed E-state index contributed by atoms with van der Waals surface area (Å²) in [4.78, 5) is 14.4. The van der Waals surface area contributed by atoms with Crippen molar-refractivity contribution in [1.82, 2.24) is 10.2 Å². The maximum absolute atomic E-state index is 12.3. The van der Waals surface area contributed by atoms with Crippen LogP contribution in [-0.2, 0) is 17.8 Å². The molecule has 0 aliphatic carbocycles. The number of hydrogen-bond acceptors (Lipinski definition) is 4. The smallest absolute Gasteiger partial charge is 0.264 e. The number of hydrogen-bond donors (Lipinski definition) is 1. The Hall–Kier alpha value is -2.53. The molecule has 1 aliphatic heterocycles. The molecule has 5 heteroatoms. The first-order valence-electron chi connectivity index (χ1n) is 8.50. The average molecular weight is 340 g/mol. The molecule has 1 N–H and O–H groups in total. The zero-order chi connectivity index (χ0) is 17.6. The number of amides is 1. The molecule has 0 spiro atoms. The van der Waals surface area contributed by atoms with Gasteiger partial charge in [-0.25, -0.2) is 0 Å². The number of nitrogens with one attached hydrogen (secondary N) is 1. The topological polar surface area (TPSA) is 50.8 Å². The summed E-state index contributed by atoms with van der Waals surface area (Å²) in [7, 11) is 4.11. The number of nitrogens with zero attached hydrogens (tertiary/aromatic N) is 1. The van der Waals surface area contributed by atoms with Gasteiger partial charge in [0.2, 0.25) is 6.10 Å². The lowest BCUT2D eigenvalue weighted by Crippen LogP contribution is -2.44. The van der Waals surface area contributed by atoms with Crippen molar-refractivity contribution in [3.63, 3.8) is 0 Å². The van der Waals surface area contributed by atoms with E-state index in [1.54, 1.807) is 0 Å². The Kier molecular flexibility index (Phi) is 5.56. The van der Waals surface area contributed by atoms with Crippen molar-refractivity contribution in [2.75, 3.05) is 27.2 Å². The number of benzene rings is 2. The molecule has 1 unspecified atom stereocenters. The summed E-state index contributed by atoms with van der Waals surface area (Å²) in [5.74, 6) is 1.16. The van der Waals surface area contributed by atoms with Gasteiger partial charge >= 0.3 is 0 Å². The van der Waals surface area contributed by atoms with Crippen LogP contribution in [0.1, 0.15) is 11.1 Å². The van der Waals surface area contributed by atoms with Gasteiger partial charge in [-0.3, -0.25) is 4.79 Å². The third-order valence-electron chi connectivity index (χ3n) is 4.00. The second-order valence-electron chi connectivity index (χ2n) is 6.46. The van der Waals surface area contributed by atoms with Crippen molar-refractivity contribution in [2.24, 2.45) is 0 Å². The number of carbonyl (C=O) groups is 1.